The third-order valence-corrected chi connectivity index (χ3v) is 3.19. The average molecular weight is 298 g/mol. The van der Waals surface area contributed by atoms with Gasteiger partial charge in [-0.3, -0.25) is 4.79 Å². The Morgan fingerprint density at radius 1 is 1.45 bits per heavy atom. The summed E-state index contributed by atoms with van der Waals surface area (Å²) >= 11 is 0. The standard InChI is InChI=1S/C12H12NO6P/c14-11(8-19-20(16)17)13-10(7-18-12(13)15)6-9-4-2-1-3-5-9/h1-5,10H,6-8H2/p+1/t10-/m0/s1. The second-order valence-electron chi connectivity index (χ2n) is 4.20. The minimum absolute atomic E-state index is 0.102. The van der Waals surface area contributed by atoms with E-state index in [4.69, 9.17) is 9.63 Å². The topological polar surface area (TPSA) is 93.1 Å². The Labute approximate surface area is 116 Å². The van der Waals surface area contributed by atoms with E-state index < -0.39 is 32.9 Å². The average Bonchev–Trinajstić information content (AvgIpc) is 2.78. The molecule has 0 aliphatic carbocycles. The van der Waals surface area contributed by atoms with Crippen molar-refractivity contribution in [2.45, 2.75) is 12.5 Å². The number of carbonyl (C=O) groups excluding carboxylic acids is 2. The van der Waals surface area contributed by atoms with E-state index in [1.807, 2.05) is 30.3 Å². The number of hydrogen-bond donors (Lipinski definition) is 1. The highest BCUT2D eigenvalue weighted by molar-refractivity contribution is 7.32. The van der Waals surface area contributed by atoms with Crippen molar-refractivity contribution >= 4 is 20.3 Å². The Balaban J connectivity index is 2.03. The summed E-state index contributed by atoms with van der Waals surface area (Å²) in [4.78, 5) is 32.8. The van der Waals surface area contributed by atoms with Gasteiger partial charge >= 0.3 is 14.3 Å². The van der Waals surface area contributed by atoms with Gasteiger partial charge in [0.05, 0.1) is 6.04 Å². The highest BCUT2D eigenvalue weighted by Gasteiger charge is 2.38. The maximum Gasteiger partial charge on any atom is 0.695 e. The molecule has 2 rings (SSSR count). The monoisotopic (exact) mass is 298 g/mol. The number of amides is 2. The largest absolute Gasteiger partial charge is 0.695 e. The summed E-state index contributed by atoms with van der Waals surface area (Å²) < 4.78 is 19.6. The molecule has 1 N–H and O–H groups in total. The zero-order valence-electron chi connectivity index (χ0n) is 10.5. The van der Waals surface area contributed by atoms with Crippen LogP contribution in [-0.4, -0.2) is 41.0 Å². The van der Waals surface area contributed by atoms with Crippen LogP contribution in [0.5, 0.6) is 0 Å². The predicted octanol–water partition coefficient (Wildman–Crippen LogP) is 1.24. The number of imide groups is 1. The maximum atomic E-state index is 11.8. The molecule has 2 amide bonds. The molecule has 2 atom stereocenters. The number of hydrogen-bond acceptors (Lipinski definition) is 5. The van der Waals surface area contributed by atoms with Crippen LogP contribution in [0.3, 0.4) is 0 Å². The van der Waals surface area contributed by atoms with E-state index in [9.17, 15) is 14.2 Å². The number of benzene rings is 1. The number of ether oxygens (including phenoxy) is 1. The van der Waals surface area contributed by atoms with Gasteiger partial charge in [-0.1, -0.05) is 30.3 Å². The van der Waals surface area contributed by atoms with E-state index in [0.29, 0.717) is 6.42 Å². The molecule has 1 aromatic rings. The van der Waals surface area contributed by atoms with Crippen LogP contribution in [0.1, 0.15) is 5.56 Å². The Morgan fingerprint density at radius 3 is 2.80 bits per heavy atom. The van der Waals surface area contributed by atoms with E-state index in [1.54, 1.807) is 0 Å². The molecule has 1 fully saturated rings. The lowest BCUT2D eigenvalue weighted by molar-refractivity contribution is -0.131. The molecule has 1 aliphatic heterocycles. The normalized spacial score (nSPS) is 18.9. The van der Waals surface area contributed by atoms with Crippen molar-refractivity contribution in [2.75, 3.05) is 13.2 Å². The van der Waals surface area contributed by atoms with Crippen LogP contribution in [0.25, 0.3) is 0 Å². The molecule has 0 spiro atoms. The second kappa shape index (κ2) is 6.56. The van der Waals surface area contributed by atoms with Crippen LogP contribution in [-0.2, 0) is 25.0 Å². The van der Waals surface area contributed by atoms with Crippen LogP contribution in [0.4, 0.5) is 4.79 Å². The molecule has 8 heteroatoms. The highest BCUT2D eigenvalue weighted by atomic mass is 31.1. The summed E-state index contributed by atoms with van der Waals surface area (Å²) in [6.45, 7) is -0.531. The molecule has 20 heavy (non-hydrogen) atoms. The Morgan fingerprint density at radius 2 is 2.15 bits per heavy atom. The van der Waals surface area contributed by atoms with Crippen LogP contribution >= 0.6 is 8.25 Å². The Kier molecular flexibility index (Phi) is 4.79. The van der Waals surface area contributed by atoms with Gasteiger partial charge in [-0.25, -0.2) is 9.69 Å². The van der Waals surface area contributed by atoms with Gasteiger partial charge in [-0.2, -0.15) is 0 Å². The van der Waals surface area contributed by atoms with Crippen LogP contribution in [0.15, 0.2) is 30.3 Å². The summed E-state index contributed by atoms with van der Waals surface area (Å²) in [6, 6.07) is 8.92. The molecular weight excluding hydrogens is 285 g/mol. The van der Waals surface area contributed by atoms with E-state index in [0.717, 1.165) is 10.5 Å². The Hall–Kier alpha value is -1.82. The van der Waals surface area contributed by atoms with Gasteiger partial charge in [0.1, 0.15) is 6.61 Å². The van der Waals surface area contributed by atoms with Crippen molar-refractivity contribution in [2.24, 2.45) is 0 Å². The van der Waals surface area contributed by atoms with Crippen molar-refractivity contribution in [1.29, 1.82) is 0 Å². The zero-order chi connectivity index (χ0) is 14.5. The molecule has 0 aromatic heterocycles. The molecule has 106 valence electrons. The molecule has 1 unspecified atom stereocenters. The minimum Gasteiger partial charge on any atom is -0.447 e. The van der Waals surface area contributed by atoms with Gasteiger partial charge in [0.15, 0.2) is 6.61 Å². The van der Waals surface area contributed by atoms with Gasteiger partial charge in [-0.15, -0.1) is 9.42 Å². The minimum atomic E-state index is -2.87. The Bertz CT molecular complexity index is 520. The number of cyclic esters (lactones) is 1. The zero-order valence-corrected chi connectivity index (χ0v) is 11.4. The van der Waals surface area contributed by atoms with Gasteiger partial charge < -0.3 is 4.74 Å². The fourth-order valence-electron chi connectivity index (χ4n) is 1.98. The highest BCUT2D eigenvalue weighted by Crippen LogP contribution is 2.20. The van der Waals surface area contributed by atoms with Gasteiger partial charge in [0, 0.05) is 4.57 Å². The summed E-state index contributed by atoms with van der Waals surface area (Å²) in [5.74, 6) is -0.689. The fourth-order valence-corrected chi connectivity index (χ4v) is 2.20. The lowest BCUT2D eigenvalue weighted by atomic mass is 10.1. The second-order valence-corrected chi connectivity index (χ2v) is 4.93. The first-order chi connectivity index (χ1) is 9.58. The fraction of sp³-hybridized carbons (Fsp3) is 0.333. The van der Waals surface area contributed by atoms with E-state index in [-0.39, 0.29) is 6.61 Å². The molecule has 1 aromatic carbocycles. The summed E-state index contributed by atoms with van der Waals surface area (Å²) in [7, 11) is -2.87. The first-order valence-electron chi connectivity index (χ1n) is 5.89. The molecule has 0 bridgehead atoms. The third-order valence-electron chi connectivity index (χ3n) is 2.84. The van der Waals surface area contributed by atoms with Crippen molar-refractivity contribution in [1.82, 2.24) is 4.90 Å². The lowest BCUT2D eigenvalue weighted by Gasteiger charge is -2.18. The van der Waals surface area contributed by atoms with E-state index in [2.05, 4.69) is 4.52 Å². The molecule has 1 saturated heterocycles. The SMILES string of the molecule is O=C(CO[P+](=O)O)N1C(=O)OC[C@@H]1Cc1ccccc1. The quantitative estimate of drug-likeness (QED) is 0.822. The molecule has 1 heterocycles. The first kappa shape index (κ1) is 14.6. The van der Waals surface area contributed by atoms with Crippen molar-refractivity contribution < 1.29 is 28.3 Å². The number of nitrogens with zero attached hydrogens (tertiary/aromatic N) is 1. The lowest BCUT2D eigenvalue weighted by Crippen LogP contribution is -2.41. The van der Waals surface area contributed by atoms with Crippen LogP contribution < -0.4 is 0 Å². The van der Waals surface area contributed by atoms with Gasteiger partial charge in [0.2, 0.25) is 0 Å². The van der Waals surface area contributed by atoms with E-state index in [1.165, 1.54) is 0 Å². The van der Waals surface area contributed by atoms with E-state index >= 15 is 0 Å². The van der Waals surface area contributed by atoms with Crippen molar-refractivity contribution in [3.05, 3.63) is 35.9 Å². The van der Waals surface area contributed by atoms with Gasteiger partial charge in [-0.05, 0) is 12.0 Å². The van der Waals surface area contributed by atoms with Crippen LogP contribution in [0, 0.1) is 0 Å². The van der Waals surface area contributed by atoms with Crippen LogP contribution in [0.2, 0.25) is 0 Å². The molecule has 7 nitrogen and oxygen atoms in total. The number of rotatable bonds is 5. The smallest absolute Gasteiger partial charge is 0.447 e. The maximum absolute atomic E-state index is 11.8. The molecular formula is C12H13NO6P+. The molecule has 0 radical (unpaired) electrons. The van der Waals surface area contributed by atoms with Crippen molar-refractivity contribution in [3.8, 4) is 0 Å². The summed E-state index contributed by atoms with van der Waals surface area (Å²) in [5, 5.41) is 0. The predicted molar refractivity (Wildman–Crippen MR) is 67.9 cm³/mol. The molecule has 0 saturated carbocycles. The summed E-state index contributed by atoms with van der Waals surface area (Å²) in [6.07, 6.45) is -0.295. The first-order valence-corrected chi connectivity index (χ1v) is 7.02. The van der Waals surface area contributed by atoms with Gasteiger partial charge in [0.25, 0.3) is 5.91 Å². The molecule has 1 aliphatic rings. The number of carbonyl (C=O) groups is 2. The third kappa shape index (κ3) is 3.60. The summed E-state index contributed by atoms with van der Waals surface area (Å²) in [5.41, 5.74) is 0.961. The van der Waals surface area contributed by atoms with Crippen molar-refractivity contribution in [3.63, 3.8) is 0 Å².